The SMILES string of the molecule is COc1ccc(C2CCCC(NC[C@H](O)c3cccc(Cl)c3)C2)cc1. The Hall–Kier alpha value is -1.55. The molecule has 1 saturated carbocycles. The third-order valence-electron chi connectivity index (χ3n) is 5.09. The topological polar surface area (TPSA) is 41.5 Å². The van der Waals surface area contributed by atoms with Crippen molar-refractivity contribution >= 4 is 11.6 Å². The van der Waals surface area contributed by atoms with Crippen molar-refractivity contribution in [1.82, 2.24) is 5.32 Å². The number of nitrogens with one attached hydrogen (secondary N) is 1. The Kier molecular flexibility index (Phi) is 6.35. The predicted octanol–water partition coefficient (Wildman–Crippen LogP) is 4.70. The molecule has 3 atom stereocenters. The summed E-state index contributed by atoms with van der Waals surface area (Å²) in [4.78, 5) is 0. The first-order chi connectivity index (χ1) is 12.2. The largest absolute Gasteiger partial charge is 0.497 e. The molecule has 0 aliphatic heterocycles. The minimum Gasteiger partial charge on any atom is -0.497 e. The molecule has 4 heteroatoms. The Bertz CT molecular complexity index is 674. The van der Waals surface area contributed by atoms with Crippen molar-refractivity contribution in [3.63, 3.8) is 0 Å². The number of ether oxygens (including phenoxy) is 1. The van der Waals surface area contributed by atoms with Crippen LogP contribution in [0.1, 0.15) is 48.8 Å². The molecule has 1 aliphatic rings. The zero-order valence-corrected chi connectivity index (χ0v) is 15.4. The molecule has 0 bridgehead atoms. The Morgan fingerprint density at radius 1 is 1.20 bits per heavy atom. The minimum absolute atomic E-state index is 0.440. The number of aliphatic hydroxyl groups is 1. The van der Waals surface area contributed by atoms with E-state index in [9.17, 15) is 5.11 Å². The molecular formula is C21H26ClNO2. The van der Waals surface area contributed by atoms with Crippen molar-refractivity contribution in [3.05, 3.63) is 64.7 Å². The number of hydrogen-bond acceptors (Lipinski definition) is 3. The summed E-state index contributed by atoms with van der Waals surface area (Å²) >= 11 is 6.01. The van der Waals surface area contributed by atoms with E-state index in [0.29, 0.717) is 23.5 Å². The average molecular weight is 360 g/mol. The first-order valence-electron chi connectivity index (χ1n) is 8.96. The fourth-order valence-corrected chi connectivity index (χ4v) is 3.86. The van der Waals surface area contributed by atoms with Crippen LogP contribution in [0.5, 0.6) is 5.75 Å². The predicted molar refractivity (Wildman–Crippen MR) is 102 cm³/mol. The number of rotatable bonds is 6. The fourth-order valence-electron chi connectivity index (χ4n) is 3.66. The molecule has 0 radical (unpaired) electrons. The van der Waals surface area contributed by atoms with Crippen LogP contribution in [0.15, 0.2) is 48.5 Å². The maximum Gasteiger partial charge on any atom is 0.118 e. The highest BCUT2D eigenvalue weighted by atomic mass is 35.5. The first kappa shape index (κ1) is 18.2. The number of benzene rings is 2. The van der Waals surface area contributed by atoms with Gasteiger partial charge in [0, 0.05) is 17.6 Å². The van der Waals surface area contributed by atoms with Gasteiger partial charge in [0.25, 0.3) is 0 Å². The molecular weight excluding hydrogens is 334 g/mol. The maximum absolute atomic E-state index is 10.4. The summed E-state index contributed by atoms with van der Waals surface area (Å²) < 4.78 is 5.24. The van der Waals surface area contributed by atoms with Crippen LogP contribution in [-0.4, -0.2) is 24.8 Å². The van der Waals surface area contributed by atoms with Gasteiger partial charge in [0.15, 0.2) is 0 Å². The van der Waals surface area contributed by atoms with Gasteiger partial charge in [0.05, 0.1) is 13.2 Å². The molecule has 0 saturated heterocycles. The van der Waals surface area contributed by atoms with Gasteiger partial charge in [-0.25, -0.2) is 0 Å². The van der Waals surface area contributed by atoms with Gasteiger partial charge < -0.3 is 15.2 Å². The van der Waals surface area contributed by atoms with Crippen molar-refractivity contribution in [2.75, 3.05) is 13.7 Å². The van der Waals surface area contributed by atoms with Crippen LogP contribution in [0, 0.1) is 0 Å². The minimum atomic E-state index is -0.528. The van der Waals surface area contributed by atoms with Crippen molar-refractivity contribution in [1.29, 1.82) is 0 Å². The standard InChI is InChI=1S/C21H26ClNO2/c1-25-20-10-8-15(9-11-20)16-4-3-7-19(13-16)23-14-21(24)17-5-2-6-18(22)12-17/h2,5-6,8-12,16,19,21,23-24H,3-4,7,13-14H2,1H3/t16?,19?,21-/m0/s1. The van der Waals surface area contributed by atoms with Gasteiger partial charge in [0.2, 0.25) is 0 Å². The van der Waals surface area contributed by atoms with Crippen molar-refractivity contribution in [2.45, 2.75) is 43.7 Å². The zero-order chi connectivity index (χ0) is 17.6. The summed E-state index contributed by atoms with van der Waals surface area (Å²) in [6, 6.07) is 16.3. The molecule has 2 aromatic rings. The summed E-state index contributed by atoms with van der Waals surface area (Å²) in [5, 5.41) is 14.6. The molecule has 2 N–H and O–H groups in total. The van der Waals surface area contributed by atoms with Crippen LogP contribution >= 0.6 is 11.6 Å². The number of halogens is 1. The van der Waals surface area contributed by atoms with Crippen molar-refractivity contribution in [3.8, 4) is 5.75 Å². The van der Waals surface area contributed by atoms with E-state index in [0.717, 1.165) is 24.2 Å². The highest BCUT2D eigenvalue weighted by Crippen LogP contribution is 2.33. The summed E-state index contributed by atoms with van der Waals surface area (Å²) in [7, 11) is 1.70. The second kappa shape index (κ2) is 8.70. The molecule has 134 valence electrons. The van der Waals surface area contributed by atoms with Crippen LogP contribution in [-0.2, 0) is 0 Å². The third-order valence-corrected chi connectivity index (χ3v) is 5.33. The van der Waals surface area contributed by atoms with Gasteiger partial charge in [-0.15, -0.1) is 0 Å². The van der Waals surface area contributed by atoms with Gasteiger partial charge >= 0.3 is 0 Å². The van der Waals surface area contributed by atoms with Crippen molar-refractivity contribution in [2.24, 2.45) is 0 Å². The molecule has 1 fully saturated rings. The molecule has 25 heavy (non-hydrogen) atoms. The molecule has 0 spiro atoms. The van der Waals surface area contributed by atoms with E-state index in [2.05, 4.69) is 17.4 Å². The summed E-state index contributed by atoms with van der Waals surface area (Å²) in [6.45, 7) is 0.556. The second-order valence-corrected chi connectivity index (χ2v) is 7.25. The van der Waals surface area contributed by atoms with Crippen LogP contribution in [0.25, 0.3) is 0 Å². The average Bonchev–Trinajstić information content (AvgIpc) is 2.66. The first-order valence-corrected chi connectivity index (χ1v) is 9.34. The quantitative estimate of drug-likeness (QED) is 0.785. The van der Waals surface area contributed by atoms with E-state index in [1.807, 2.05) is 36.4 Å². The van der Waals surface area contributed by atoms with E-state index >= 15 is 0 Å². The monoisotopic (exact) mass is 359 g/mol. The van der Waals surface area contributed by atoms with E-state index in [1.165, 1.54) is 18.4 Å². The smallest absolute Gasteiger partial charge is 0.118 e. The highest BCUT2D eigenvalue weighted by Gasteiger charge is 2.23. The lowest BCUT2D eigenvalue weighted by Crippen LogP contribution is -2.36. The molecule has 3 rings (SSSR count). The van der Waals surface area contributed by atoms with Gasteiger partial charge in [-0.05, 0) is 60.6 Å². The summed E-state index contributed by atoms with van der Waals surface area (Å²) in [5.41, 5.74) is 2.24. The normalized spacial score (nSPS) is 21.7. The number of hydrogen-bond donors (Lipinski definition) is 2. The molecule has 0 heterocycles. The van der Waals surface area contributed by atoms with Crippen LogP contribution in [0.2, 0.25) is 5.02 Å². The highest BCUT2D eigenvalue weighted by molar-refractivity contribution is 6.30. The molecule has 2 aromatic carbocycles. The molecule has 0 aromatic heterocycles. The van der Waals surface area contributed by atoms with E-state index in [1.54, 1.807) is 7.11 Å². The Morgan fingerprint density at radius 3 is 2.72 bits per heavy atom. The van der Waals surface area contributed by atoms with Crippen LogP contribution < -0.4 is 10.1 Å². The Labute approximate surface area is 155 Å². The summed E-state index contributed by atoms with van der Waals surface area (Å²) in [5.74, 6) is 1.47. The van der Waals surface area contributed by atoms with Crippen LogP contribution in [0.3, 0.4) is 0 Å². The van der Waals surface area contributed by atoms with Crippen molar-refractivity contribution < 1.29 is 9.84 Å². The molecule has 3 nitrogen and oxygen atoms in total. The summed E-state index contributed by atoms with van der Waals surface area (Å²) in [6.07, 6.45) is 4.17. The molecule has 0 amide bonds. The van der Waals surface area contributed by atoms with Crippen LogP contribution in [0.4, 0.5) is 0 Å². The number of methoxy groups -OCH3 is 1. The second-order valence-electron chi connectivity index (χ2n) is 6.81. The zero-order valence-electron chi connectivity index (χ0n) is 14.6. The third kappa shape index (κ3) is 4.97. The van der Waals surface area contributed by atoms with Gasteiger partial charge in [-0.3, -0.25) is 0 Å². The van der Waals surface area contributed by atoms with E-state index < -0.39 is 6.10 Å². The lowest BCUT2D eigenvalue weighted by molar-refractivity contribution is 0.164. The van der Waals surface area contributed by atoms with Gasteiger partial charge in [0.1, 0.15) is 5.75 Å². The Balaban J connectivity index is 1.54. The lowest BCUT2D eigenvalue weighted by Gasteiger charge is -2.31. The lowest BCUT2D eigenvalue weighted by atomic mass is 9.81. The fraction of sp³-hybridized carbons (Fsp3) is 0.429. The molecule has 1 aliphatic carbocycles. The molecule has 2 unspecified atom stereocenters. The maximum atomic E-state index is 10.4. The van der Waals surface area contributed by atoms with E-state index in [-0.39, 0.29) is 0 Å². The van der Waals surface area contributed by atoms with Gasteiger partial charge in [-0.1, -0.05) is 42.3 Å². The van der Waals surface area contributed by atoms with Gasteiger partial charge in [-0.2, -0.15) is 0 Å². The number of aliphatic hydroxyl groups excluding tert-OH is 1. The Morgan fingerprint density at radius 2 is 2.00 bits per heavy atom. The van der Waals surface area contributed by atoms with E-state index in [4.69, 9.17) is 16.3 Å².